The van der Waals surface area contributed by atoms with Crippen molar-refractivity contribution >= 4 is 23.6 Å². The molecule has 2 fully saturated rings. The second kappa shape index (κ2) is 10.9. The largest absolute Gasteiger partial charge is 0.444 e. The van der Waals surface area contributed by atoms with Crippen molar-refractivity contribution < 1.29 is 27.9 Å². The van der Waals surface area contributed by atoms with Crippen molar-refractivity contribution in [3.8, 4) is 0 Å². The lowest BCUT2D eigenvalue weighted by Crippen LogP contribution is -2.63. The highest BCUT2D eigenvalue weighted by atomic mass is 19.3. The molecule has 0 aromatic carbocycles. The van der Waals surface area contributed by atoms with Crippen LogP contribution in [0.15, 0.2) is 12.3 Å². The van der Waals surface area contributed by atoms with Gasteiger partial charge >= 0.3 is 6.09 Å². The SMILES string of the molecule is CCC(F)(F)c1cnc2c(c1)N(C(=O)CN1C[C@@H](C)N(C(=O)OC(C)(C)C)C[C@@H]1CN1CCCC1=O)CC2(C)C. The molecule has 40 heavy (non-hydrogen) atoms. The number of aromatic nitrogens is 1. The van der Waals surface area contributed by atoms with Crippen molar-refractivity contribution in [1.29, 1.82) is 0 Å². The standard InChI is InChI=1S/C29H43F2N5O4/c1-8-29(30,31)20-12-22-25(32-13-20)28(6,7)18-36(22)24(38)17-34-14-19(2)35(26(39)40-27(3,4)5)16-21(34)15-33-11-9-10-23(33)37/h12-13,19,21H,8-11,14-18H2,1-7H3/t19-,21+/m1/s1. The Morgan fingerprint density at radius 1 is 1.20 bits per heavy atom. The normalized spacial score (nSPS) is 23.5. The van der Waals surface area contributed by atoms with Gasteiger partial charge in [0.05, 0.1) is 17.9 Å². The van der Waals surface area contributed by atoms with Crippen LogP contribution in [-0.2, 0) is 25.7 Å². The van der Waals surface area contributed by atoms with Gasteiger partial charge in [-0.15, -0.1) is 0 Å². The van der Waals surface area contributed by atoms with E-state index in [-0.39, 0.29) is 42.4 Å². The Morgan fingerprint density at radius 3 is 2.50 bits per heavy atom. The minimum atomic E-state index is -3.04. The number of hydrogen-bond donors (Lipinski definition) is 0. The summed E-state index contributed by atoms with van der Waals surface area (Å²) in [7, 11) is 0. The third kappa shape index (κ3) is 6.24. The van der Waals surface area contributed by atoms with Crippen molar-refractivity contribution in [2.45, 2.75) is 96.8 Å². The number of halogens is 2. The van der Waals surface area contributed by atoms with E-state index in [4.69, 9.17) is 4.74 Å². The number of pyridine rings is 1. The van der Waals surface area contributed by atoms with Crippen LogP contribution >= 0.6 is 0 Å². The van der Waals surface area contributed by atoms with E-state index >= 15 is 0 Å². The number of anilines is 1. The molecule has 3 amide bonds. The molecule has 2 atom stereocenters. The fraction of sp³-hybridized carbons (Fsp3) is 0.724. The number of hydrogen-bond acceptors (Lipinski definition) is 6. The molecule has 4 heterocycles. The van der Waals surface area contributed by atoms with Gasteiger partial charge in [0.1, 0.15) is 5.60 Å². The van der Waals surface area contributed by atoms with Gasteiger partial charge in [0.2, 0.25) is 11.8 Å². The van der Waals surface area contributed by atoms with Gasteiger partial charge in [-0.25, -0.2) is 13.6 Å². The highest BCUT2D eigenvalue weighted by Crippen LogP contribution is 2.42. The van der Waals surface area contributed by atoms with Crippen molar-refractivity contribution in [2.75, 3.05) is 44.2 Å². The number of carbonyl (C=O) groups is 3. The van der Waals surface area contributed by atoms with Crippen LogP contribution in [0.25, 0.3) is 0 Å². The first-order valence-corrected chi connectivity index (χ1v) is 14.2. The molecular formula is C29H43F2N5O4. The number of fused-ring (bicyclic) bond motifs is 1. The van der Waals surface area contributed by atoms with Crippen molar-refractivity contribution in [2.24, 2.45) is 0 Å². The average molecular weight is 564 g/mol. The van der Waals surface area contributed by atoms with Crippen LogP contribution in [-0.4, -0.2) is 94.5 Å². The zero-order chi connectivity index (χ0) is 29.6. The quantitative estimate of drug-likeness (QED) is 0.517. The summed E-state index contributed by atoms with van der Waals surface area (Å²) in [6.45, 7) is 14.8. The highest BCUT2D eigenvalue weighted by Gasteiger charge is 2.44. The Balaban J connectivity index is 1.58. The number of ether oxygens (including phenoxy) is 1. The smallest absolute Gasteiger partial charge is 0.410 e. The minimum absolute atomic E-state index is 0.0309. The lowest BCUT2D eigenvalue weighted by molar-refractivity contribution is -0.129. The Labute approximate surface area is 235 Å². The second-order valence-electron chi connectivity index (χ2n) is 13.0. The Hall–Kier alpha value is -2.82. The monoisotopic (exact) mass is 563 g/mol. The third-order valence-corrected chi connectivity index (χ3v) is 8.04. The highest BCUT2D eigenvalue weighted by molar-refractivity contribution is 5.97. The van der Waals surface area contributed by atoms with E-state index in [1.807, 2.05) is 46.4 Å². The van der Waals surface area contributed by atoms with E-state index in [0.717, 1.165) is 6.42 Å². The number of amides is 3. The lowest BCUT2D eigenvalue weighted by atomic mass is 9.91. The van der Waals surface area contributed by atoms with Gasteiger partial charge < -0.3 is 19.4 Å². The van der Waals surface area contributed by atoms with E-state index in [9.17, 15) is 23.2 Å². The predicted molar refractivity (Wildman–Crippen MR) is 147 cm³/mol. The van der Waals surface area contributed by atoms with Crippen molar-refractivity contribution in [3.63, 3.8) is 0 Å². The maximum atomic E-state index is 14.5. The van der Waals surface area contributed by atoms with E-state index < -0.39 is 23.0 Å². The summed E-state index contributed by atoms with van der Waals surface area (Å²) in [6, 6.07) is 0.896. The third-order valence-electron chi connectivity index (χ3n) is 8.04. The van der Waals surface area contributed by atoms with E-state index in [0.29, 0.717) is 50.5 Å². The van der Waals surface area contributed by atoms with E-state index in [1.54, 1.807) is 14.7 Å². The Morgan fingerprint density at radius 2 is 1.90 bits per heavy atom. The predicted octanol–water partition coefficient (Wildman–Crippen LogP) is 4.14. The summed E-state index contributed by atoms with van der Waals surface area (Å²) in [5.41, 5.74) is -0.294. The summed E-state index contributed by atoms with van der Waals surface area (Å²) < 4.78 is 34.7. The fourth-order valence-electron chi connectivity index (χ4n) is 5.82. The van der Waals surface area contributed by atoms with Gasteiger partial charge in [-0.05, 0) is 40.2 Å². The number of piperazine rings is 1. The van der Waals surface area contributed by atoms with Crippen LogP contribution in [0.4, 0.5) is 19.3 Å². The number of carbonyl (C=O) groups excluding carboxylic acids is 3. The van der Waals surface area contributed by atoms with Crippen LogP contribution < -0.4 is 4.90 Å². The Kier molecular flexibility index (Phi) is 8.19. The zero-order valence-electron chi connectivity index (χ0n) is 24.8. The summed E-state index contributed by atoms with van der Waals surface area (Å²) in [5, 5.41) is 0. The molecular weight excluding hydrogens is 520 g/mol. The van der Waals surface area contributed by atoms with Crippen LogP contribution in [0, 0.1) is 0 Å². The molecule has 1 aromatic heterocycles. The zero-order valence-corrected chi connectivity index (χ0v) is 24.8. The van der Waals surface area contributed by atoms with Crippen LogP contribution in [0.1, 0.15) is 79.0 Å². The molecule has 222 valence electrons. The van der Waals surface area contributed by atoms with Crippen molar-refractivity contribution in [1.82, 2.24) is 19.7 Å². The molecule has 1 aromatic rings. The maximum Gasteiger partial charge on any atom is 0.410 e. The number of nitrogens with zero attached hydrogens (tertiary/aromatic N) is 5. The van der Waals surface area contributed by atoms with Gasteiger partial charge in [0, 0.05) is 74.8 Å². The topological polar surface area (TPSA) is 86.3 Å². The molecule has 0 spiro atoms. The molecule has 0 bridgehead atoms. The van der Waals surface area contributed by atoms with Gasteiger partial charge in [0.25, 0.3) is 5.92 Å². The summed E-state index contributed by atoms with van der Waals surface area (Å²) in [4.78, 5) is 50.7. The number of likely N-dealkylation sites (tertiary alicyclic amines) is 1. The number of alkyl halides is 2. The molecule has 11 heteroatoms. The molecule has 4 rings (SSSR count). The number of rotatable bonds is 6. The molecule has 2 saturated heterocycles. The molecule has 0 unspecified atom stereocenters. The summed E-state index contributed by atoms with van der Waals surface area (Å²) >= 11 is 0. The van der Waals surface area contributed by atoms with Crippen LogP contribution in [0.2, 0.25) is 0 Å². The van der Waals surface area contributed by atoms with Crippen molar-refractivity contribution in [3.05, 3.63) is 23.5 Å². The van der Waals surface area contributed by atoms with Gasteiger partial charge in [-0.2, -0.15) is 0 Å². The average Bonchev–Trinajstić information content (AvgIpc) is 3.38. The molecule has 9 nitrogen and oxygen atoms in total. The maximum absolute atomic E-state index is 14.5. The molecule has 0 aliphatic carbocycles. The van der Waals surface area contributed by atoms with E-state index in [1.165, 1.54) is 19.2 Å². The van der Waals surface area contributed by atoms with Gasteiger partial charge in [-0.3, -0.25) is 19.5 Å². The molecule has 0 radical (unpaired) electrons. The first-order valence-electron chi connectivity index (χ1n) is 14.2. The molecule has 3 aliphatic heterocycles. The minimum Gasteiger partial charge on any atom is -0.444 e. The summed E-state index contributed by atoms with van der Waals surface area (Å²) in [6.07, 6.45) is 1.72. The van der Waals surface area contributed by atoms with E-state index in [2.05, 4.69) is 4.98 Å². The first kappa shape index (κ1) is 30.1. The van der Waals surface area contributed by atoms with Gasteiger partial charge in [0.15, 0.2) is 0 Å². The lowest BCUT2D eigenvalue weighted by Gasteiger charge is -2.46. The fourth-order valence-corrected chi connectivity index (χ4v) is 5.82. The molecule has 0 N–H and O–H groups in total. The Bertz CT molecular complexity index is 1150. The van der Waals surface area contributed by atoms with Gasteiger partial charge in [-0.1, -0.05) is 20.8 Å². The summed E-state index contributed by atoms with van der Waals surface area (Å²) in [5.74, 6) is -3.19. The second-order valence-corrected chi connectivity index (χ2v) is 13.0. The van der Waals surface area contributed by atoms with Crippen LogP contribution in [0.5, 0.6) is 0 Å². The molecule has 0 saturated carbocycles. The van der Waals surface area contributed by atoms with Crippen LogP contribution in [0.3, 0.4) is 0 Å². The molecule has 3 aliphatic rings. The first-order chi connectivity index (χ1) is 18.5.